The third kappa shape index (κ3) is 5.13. The number of nitrogens with one attached hydrogen (secondary N) is 1. The summed E-state index contributed by atoms with van der Waals surface area (Å²) in [5.41, 5.74) is 5.16. The third-order valence-corrected chi connectivity index (χ3v) is 5.52. The Morgan fingerprint density at radius 1 is 1.10 bits per heavy atom. The monoisotopic (exact) mass is 469 g/mol. The Labute approximate surface area is 184 Å². The van der Waals surface area contributed by atoms with Gasteiger partial charge in [-0.1, -0.05) is 45.8 Å². The molecule has 0 aliphatic carbocycles. The summed E-state index contributed by atoms with van der Waals surface area (Å²) in [5, 5.41) is 12.5. The van der Waals surface area contributed by atoms with Gasteiger partial charge in [0.2, 0.25) is 0 Å². The van der Waals surface area contributed by atoms with Crippen LogP contribution >= 0.6 is 15.9 Å². The molecule has 0 amide bonds. The van der Waals surface area contributed by atoms with Crippen LogP contribution in [0, 0.1) is 13.8 Å². The van der Waals surface area contributed by atoms with Crippen molar-refractivity contribution in [2.45, 2.75) is 27.0 Å². The molecule has 6 heteroatoms. The zero-order chi connectivity index (χ0) is 21.7. The number of carboxylic acids is 1. The van der Waals surface area contributed by atoms with Gasteiger partial charge in [0.25, 0.3) is 0 Å². The van der Waals surface area contributed by atoms with Crippen molar-refractivity contribution in [3.63, 3.8) is 0 Å². The lowest BCUT2D eigenvalue weighted by Gasteiger charge is -2.18. The molecule has 0 atom stereocenters. The van der Waals surface area contributed by atoms with Crippen LogP contribution in [0.5, 0.6) is 11.5 Å². The van der Waals surface area contributed by atoms with E-state index in [0.717, 1.165) is 26.9 Å². The first kappa shape index (κ1) is 21.7. The number of rotatable bonds is 8. The van der Waals surface area contributed by atoms with E-state index in [9.17, 15) is 4.79 Å². The van der Waals surface area contributed by atoms with Crippen molar-refractivity contribution in [2.75, 3.05) is 12.4 Å². The number of anilines is 1. The SMILES string of the molecule is COc1ccc(Br)c(CNc2ccc(C(=O)O)cc2C)c1OCc1cccc(C)c1. The summed E-state index contributed by atoms with van der Waals surface area (Å²) < 4.78 is 12.6. The largest absolute Gasteiger partial charge is 0.493 e. The fourth-order valence-electron chi connectivity index (χ4n) is 3.20. The van der Waals surface area contributed by atoms with Gasteiger partial charge in [0, 0.05) is 22.3 Å². The highest BCUT2D eigenvalue weighted by atomic mass is 79.9. The van der Waals surface area contributed by atoms with E-state index in [-0.39, 0.29) is 5.56 Å². The van der Waals surface area contributed by atoms with E-state index in [4.69, 9.17) is 14.6 Å². The van der Waals surface area contributed by atoms with Gasteiger partial charge in [0.15, 0.2) is 11.5 Å². The highest BCUT2D eigenvalue weighted by molar-refractivity contribution is 9.10. The van der Waals surface area contributed by atoms with Crippen LogP contribution in [0.2, 0.25) is 0 Å². The van der Waals surface area contributed by atoms with Crippen LogP contribution in [0.15, 0.2) is 59.1 Å². The predicted molar refractivity (Wildman–Crippen MR) is 122 cm³/mol. The van der Waals surface area contributed by atoms with Crippen molar-refractivity contribution >= 4 is 27.6 Å². The molecular formula is C24H24BrNO4. The number of carbonyl (C=O) groups is 1. The number of methoxy groups -OCH3 is 1. The number of aromatic carboxylic acids is 1. The van der Waals surface area contributed by atoms with Crippen LogP contribution in [-0.2, 0) is 13.2 Å². The molecule has 0 bridgehead atoms. The molecule has 0 fully saturated rings. The van der Waals surface area contributed by atoms with Crippen molar-refractivity contribution < 1.29 is 19.4 Å². The van der Waals surface area contributed by atoms with Crippen LogP contribution < -0.4 is 14.8 Å². The Kier molecular flexibility index (Phi) is 7.00. The molecule has 0 radical (unpaired) electrons. The van der Waals surface area contributed by atoms with Gasteiger partial charge in [-0.05, 0) is 55.3 Å². The Bertz CT molecular complexity index is 1070. The standard InChI is InChI=1S/C24H24BrNO4/c1-15-5-4-6-17(11-15)14-30-23-19(20(25)8-10-22(23)29-3)13-26-21-9-7-18(24(27)28)12-16(21)2/h4-12,26H,13-14H2,1-3H3,(H,27,28). The van der Waals surface area contributed by atoms with Crippen molar-refractivity contribution in [1.29, 1.82) is 0 Å². The van der Waals surface area contributed by atoms with Crippen LogP contribution in [0.4, 0.5) is 5.69 Å². The maximum atomic E-state index is 11.2. The zero-order valence-electron chi connectivity index (χ0n) is 17.2. The van der Waals surface area contributed by atoms with Gasteiger partial charge in [-0.2, -0.15) is 0 Å². The first-order valence-corrected chi connectivity index (χ1v) is 10.3. The van der Waals surface area contributed by atoms with Crippen molar-refractivity contribution in [3.05, 3.63) is 86.9 Å². The molecular weight excluding hydrogens is 446 g/mol. The molecule has 2 N–H and O–H groups in total. The first-order chi connectivity index (χ1) is 14.4. The summed E-state index contributed by atoms with van der Waals surface area (Å²) in [7, 11) is 1.62. The molecule has 156 valence electrons. The molecule has 3 rings (SSSR count). The minimum Gasteiger partial charge on any atom is -0.493 e. The fourth-order valence-corrected chi connectivity index (χ4v) is 3.65. The summed E-state index contributed by atoms with van der Waals surface area (Å²) in [5.74, 6) is 0.383. The number of halogens is 1. The number of benzene rings is 3. The fraction of sp³-hybridized carbons (Fsp3) is 0.208. The molecule has 0 saturated carbocycles. The zero-order valence-corrected chi connectivity index (χ0v) is 18.7. The third-order valence-electron chi connectivity index (χ3n) is 4.78. The van der Waals surface area contributed by atoms with Crippen LogP contribution in [0.3, 0.4) is 0 Å². The Morgan fingerprint density at radius 3 is 2.57 bits per heavy atom. The van der Waals surface area contributed by atoms with Gasteiger partial charge in [0.1, 0.15) is 6.61 Å². The quantitative estimate of drug-likeness (QED) is 0.425. The van der Waals surface area contributed by atoms with E-state index in [2.05, 4.69) is 40.3 Å². The molecule has 0 aliphatic heterocycles. The van der Waals surface area contributed by atoms with E-state index >= 15 is 0 Å². The number of hydrogen-bond acceptors (Lipinski definition) is 4. The minimum absolute atomic E-state index is 0.266. The van der Waals surface area contributed by atoms with Gasteiger partial charge in [0.05, 0.1) is 12.7 Å². The Morgan fingerprint density at radius 2 is 1.90 bits per heavy atom. The molecule has 0 unspecified atom stereocenters. The summed E-state index contributed by atoms with van der Waals surface area (Å²) in [6, 6.07) is 17.0. The van der Waals surface area contributed by atoms with Gasteiger partial charge in [-0.25, -0.2) is 4.79 Å². The normalized spacial score (nSPS) is 10.5. The molecule has 0 spiro atoms. The number of hydrogen-bond donors (Lipinski definition) is 2. The number of carboxylic acid groups (broad SMARTS) is 1. The summed E-state index contributed by atoms with van der Waals surface area (Å²) in [6.07, 6.45) is 0. The van der Waals surface area contributed by atoms with E-state index in [0.29, 0.717) is 24.7 Å². The molecule has 0 aromatic heterocycles. The second kappa shape index (κ2) is 9.67. The minimum atomic E-state index is -0.938. The first-order valence-electron chi connectivity index (χ1n) is 9.50. The van der Waals surface area contributed by atoms with Crippen LogP contribution in [0.1, 0.15) is 32.6 Å². The molecule has 0 heterocycles. The second-order valence-corrected chi connectivity index (χ2v) is 7.88. The van der Waals surface area contributed by atoms with Crippen molar-refractivity contribution in [2.24, 2.45) is 0 Å². The smallest absolute Gasteiger partial charge is 0.335 e. The molecule has 3 aromatic carbocycles. The highest BCUT2D eigenvalue weighted by Crippen LogP contribution is 2.37. The molecule has 0 aliphatic rings. The lowest BCUT2D eigenvalue weighted by Crippen LogP contribution is -2.07. The van der Waals surface area contributed by atoms with E-state index in [1.807, 2.05) is 31.2 Å². The average Bonchev–Trinajstić information content (AvgIpc) is 2.72. The van der Waals surface area contributed by atoms with E-state index < -0.39 is 5.97 Å². The van der Waals surface area contributed by atoms with Gasteiger partial charge >= 0.3 is 5.97 Å². The summed E-state index contributed by atoms with van der Waals surface area (Å²) >= 11 is 3.62. The summed E-state index contributed by atoms with van der Waals surface area (Å²) in [6.45, 7) is 4.84. The average molecular weight is 470 g/mol. The lowest BCUT2D eigenvalue weighted by molar-refractivity contribution is 0.0697. The Hall–Kier alpha value is -2.99. The van der Waals surface area contributed by atoms with E-state index in [1.165, 1.54) is 5.56 Å². The van der Waals surface area contributed by atoms with E-state index in [1.54, 1.807) is 25.3 Å². The molecule has 0 saturated heterocycles. The number of ether oxygens (including phenoxy) is 2. The van der Waals surface area contributed by atoms with Gasteiger partial charge < -0.3 is 19.9 Å². The maximum absolute atomic E-state index is 11.2. The second-order valence-electron chi connectivity index (χ2n) is 7.02. The topological polar surface area (TPSA) is 67.8 Å². The highest BCUT2D eigenvalue weighted by Gasteiger charge is 2.16. The predicted octanol–water partition coefficient (Wildman–Crippen LogP) is 5.96. The Balaban J connectivity index is 1.84. The maximum Gasteiger partial charge on any atom is 0.335 e. The van der Waals surface area contributed by atoms with Gasteiger partial charge in [-0.15, -0.1) is 0 Å². The molecule has 3 aromatic rings. The van der Waals surface area contributed by atoms with Crippen LogP contribution in [0.25, 0.3) is 0 Å². The molecule has 5 nitrogen and oxygen atoms in total. The van der Waals surface area contributed by atoms with Crippen molar-refractivity contribution in [1.82, 2.24) is 0 Å². The number of aryl methyl sites for hydroxylation is 2. The van der Waals surface area contributed by atoms with Crippen molar-refractivity contribution in [3.8, 4) is 11.5 Å². The lowest BCUT2D eigenvalue weighted by atomic mass is 10.1. The molecule has 30 heavy (non-hydrogen) atoms. The summed E-state index contributed by atoms with van der Waals surface area (Å²) in [4.78, 5) is 11.2. The van der Waals surface area contributed by atoms with Gasteiger partial charge in [-0.3, -0.25) is 0 Å². The van der Waals surface area contributed by atoms with Crippen LogP contribution in [-0.4, -0.2) is 18.2 Å².